The fourth-order valence-electron chi connectivity index (χ4n) is 4.39. The number of hydrogen-bond donors (Lipinski definition) is 1. The molecule has 0 spiro atoms. The molecule has 0 radical (unpaired) electrons. The summed E-state index contributed by atoms with van der Waals surface area (Å²) in [7, 11) is 0. The number of para-hydroxylation sites is 1. The SMILES string of the molecule is CCc1nn(-c2c(Cl)cccc2Cl)c(=O)c2cnc(Nc3ccc(N4CCN(C(C)=O)CC4)cc3)nc12. The Kier molecular flexibility index (Phi) is 6.99. The van der Waals surface area contributed by atoms with Gasteiger partial charge in [0.15, 0.2) is 0 Å². The summed E-state index contributed by atoms with van der Waals surface area (Å²) in [4.78, 5) is 37.9. The second kappa shape index (κ2) is 10.4. The Bertz CT molecular complexity index is 1510. The van der Waals surface area contributed by atoms with E-state index in [0.717, 1.165) is 37.6 Å². The first-order valence-electron chi connectivity index (χ1n) is 12.0. The van der Waals surface area contributed by atoms with Gasteiger partial charge in [-0.25, -0.2) is 9.97 Å². The lowest BCUT2D eigenvalue weighted by Gasteiger charge is -2.35. The van der Waals surface area contributed by atoms with Crippen molar-refractivity contribution < 1.29 is 4.79 Å². The second-order valence-corrected chi connectivity index (χ2v) is 9.52. The maximum atomic E-state index is 13.3. The van der Waals surface area contributed by atoms with Crippen molar-refractivity contribution in [3.63, 3.8) is 0 Å². The van der Waals surface area contributed by atoms with Crippen molar-refractivity contribution >= 4 is 57.3 Å². The zero-order chi connectivity index (χ0) is 26.1. The average Bonchev–Trinajstić information content (AvgIpc) is 2.90. The lowest BCUT2D eigenvalue weighted by atomic mass is 10.2. The smallest absolute Gasteiger partial charge is 0.282 e. The van der Waals surface area contributed by atoms with E-state index >= 15 is 0 Å². The van der Waals surface area contributed by atoms with E-state index in [1.165, 1.54) is 10.9 Å². The van der Waals surface area contributed by atoms with Gasteiger partial charge in [-0.15, -0.1) is 0 Å². The molecule has 0 unspecified atom stereocenters. The Balaban J connectivity index is 1.40. The Hall–Kier alpha value is -3.69. The van der Waals surface area contributed by atoms with E-state index in [0.29, 0.717) is 44.7 Å². The summed E-state index contributed by atoms with van der Waals surface area (Å²) >= 11 is 12.7. The molecular formula is C26H25Cl2N7O2. The topological polar surface area (TPSA) is 96.3 Å². The predicted molar refractivity (Wildman–Crippen MR) is 147 cm³/mol. The number of nitrogens with zero attached hydrogens (tertiary/aromatic N) is 6. The molecule has 37 heavy (non-hydrogen) atoms. The number of halogens is 2. The van der Waals surface area contributed by atoms with Crippen molar-refractivity contribution in [1.29, 1.82) is 0 Å². The molecule has 11 heteroatoms. The van der Waals surface area contributed by atoms with Gasteiger partial charge in [0.25, 0.3) is 5.56 Å². The van der Waals surface area contributed by atoms with E-state index in [2.05, 4.69) is 25.3 Å². The molecule has 1 aliphatic heterocycles. The molecule has 190 valence electrons. The van der Waals surface area contributed by atoms with Crippen LogP contribution in [0.15, 0.2) is 53.5 Å². The highest BCUT2D eigenvalue weighted by atomic mass is 35.5. The molecule has 4 aromatic rings. The monoisotopic (exact) mass is 537 g/mol. The van der Waals surface area contributed by atoms with Gasteiger partial charge in [0.1, 0.15) is 11.2 Å². The average molecular weight is 538 g/mol. The third kappa shape index (κ3) is 4.97. The fourth-order valence-corrected chi connectivity index (χ4v) is 4.95. The quantitative estimate of drug-likeness (QED) is 0.401. The Labute approximate surface area is 223 Å². The number of carbonyl (C=O) groups is 1. The zero-order valence-corrected chi connectivity index (χ0v) is 21.9. The van der Waals surface area contributed by atoms with Crippen LogP contribution in [0.2, 0.25) is 10.0 Å². The van der Waals surface area contributed by atoms with Crippen LogP contribution in [-0.2, 0) is 11.2 Å². The highest BCUT2D eigenvalue weighted by Gasteiger charge is 2.19. The van der Waals surface area contributed by atoms with Crippen molar-refractivity contribution in [1.82, 2.24) is 24.6 Å². The van der Waals surface area contributed by atoms with Crippen molar-refractivity contribution in [2.45, 2.75) is 20.3 Å². The summed E-state index contributed by atoms with van der Waals surface area (Å²) in [5.74, 6) is 0.474. The number of aryl methyl sites for hydroxylation is 1. The van der Waals surface area contributed by atoms with Gasteiger partial charge < -0.3 is 15.1 Å². The summed E-state index contributed by atoms with van der Waals surface area (Å²) in [6.45, 7) is 6.58. The van der Waals surface area contributed by atoms with Crippen LogP contribution in [-0.4, -0.2) is 56.7 Å². The van der Waals surface area contributed by atoms with E-state index in [-0.39, 0.29) is 5.91 Å². The molecule has 1 fully saturated rings. The van der Waals surface area contributed by atoms with Crippen LogP contribution in [0.3, 0.4) is 0 Å². The Morgan fingerprint density at radius 2 is 1.70 bits per heavy atom. The molecular weight excluding hydrogens is 513 g/mol. The Morgan fingerprint density at radius 3 is 2.32 bits per heavy atom. The van der Waals surface area contributed by atoms with Gasteiger partial charge in [-0.1, -0.05) is 36.2 Å². The van der Waals surface area contributed by atoms with Gasteiger partial charge in [0, 0.05) is 50.7 Å². The summed E-state index contributed by atoms with van der Waals surface area (Å²) in [5, 5.41) is 8.72. The molecule has 1 N–H and O–H groups in total. The minimum atomic E-state index is -0.400. The van der Waals surface area contributed by atoms with Crippen LogP contribution < -0.4 is 15.8 Å². The minimum absolute atomic E-state index is 0.114. The van der Waals surface area contributed by atoms with E-state index < -0.39 is 5.56 Å². The number of carbonyl (C=O) groups excluding carboxylic acids is 1. The van der Waals surface area contributed by atoms with Gasteiger partial charge in [0.2, 0.25) is 11.9 Å². The largest absolute Gasteiger partial charge is 0.368 e. The zero-order valence-electron chi connectivity index (χ0n) is 20.4. The van der Waals surface area contributed by atoms with Crippen LogP contribution in [0.1, 0.15) is 19.5 Å². The molecule has 0 aliphatic carbocycles. The van der Waals surface area contributed by atoms with Crippen LogP contribution in [0.4, 0.5) is 17.3 Å². The van der Waals surface area contributed by atoms with Crippen LogP contribution in [0.5, 0.6) is 0 Å². The highest BCUT2D eigenvalue weighted by molar-refractivity contribution is 6.37. The number of piperazine rings is 1. The number of amides is 1. The van der Waals surface area contributed by atoms with Crippen LogP contribution in [0, 0.1) is 0 Å². The molecule has 2 aromatic heterocycles. The molecule has 1 saturated heterocycles. The molecule has 0 atom stereocenters. The van der Waals surface area contributed by atoms with Crippen molar-refractivity contribution in [3.05, 3.63) is 74.8 Å². The third-order valence-electron chi connectivity index (χ3n) is 6.40. The first-order chi connectivity index (χ1) is 17.9. The van der Waals surface area contributed by atoms with Crippen LogP contribution >= 0.6 is 23.2 Å². The number of anilines is 3. The summed E-state index contributed by atoms with van der Waals surface area (Å²) < 4.78 is 1.22. The van der Waals surface area contributed by atoms with Crippen LogP contribution in [0.25, 0.3) is 16.6 Å². The molecule has 9 nitrogen and oxygen atoms in total. The number of rotatable bonds is 5. The fraction of sp³-hybridized carbons (Fsp3) is 0.269. The first kappa shape index (κ1) is 25.0. The predicted octanol–water partition coefficient (Wildman–Crippen LogP) is 4.46. The number of hydrogen-bond acceptors (Lipinski definition) is 7. The molecule has 0 saturated carbocycles. The number of fused-ring (bicyclic) bond motifs is 1. The molecule has 1 aliphatic rings. The number of aromatic nitrogens is 4. The number of benzene rings is 2. The van der Waals surface area contributed by atoms with Gasteiger partial charge in [0.05, 0.1) is 21.1 Å². The molecule has 2 aromatic carbocycles. The van der Waals surface area contributed by atoms with E-state index in [1.54, 1.807) is 25.1 Å². The Morgan fingerprint density at radius 1 is 1.03 bits per heavy atom. The van der Waals surface area contributed by atoms with Crippen molar-refractivity contribution in [3.8, 4) is 5.69 Å². The van der Waals surface area contributed by atoms with Crippen molar-refractivity contribution in [2.75, 3.05) is 36.4 Å². The van der Waals surface area contributed by atoms with Gasteiger partial charge in [-0.2, -0.15) is 9.78 Å². The summed E-state index contributed by atoms with van der Waals surface area (Å²) in [6.07, 6.45) is 2.04. The van der Waals surface area contributed by atoms with Gasteiger partial charge in [-0.3, -0.25) is 9.59 Å². The normalized spacial score (nSPS) is 13.7. The van der Waals surface area contributed by atoms with E-state index in [1.807, 2.05) is 36.1 Å². The minimum Gasteiger partial charge on any atom is -0.368 e. The maximum absolute atomic E-state index is 13.3. The molecule has 5 rings (SSSR count). The molecule has 1 amide bonds. The first-order valence-corrected chi connectivity index (χ1v) is 12.7. The molecule has 0 bridgehead atoms. The van der Waals surface area contributed by atoms with Gasteiger partial charge in [-0.05, 0) is 42.8 Å². The number of nitrogens with one attached hydrogen (secondary N) is 1. The molecule has 3 heterocycles. The lowest BCUT2D eigenvalue weighted by Crippen LogP contribution is -2.48. The lowest BCUT2D eigenvalue weighted by molar-refractivity contribution is -0.129. The van der Waals surface area contributed by atoms with Gasteiger partial charge >= 0.3 is 0 Å². The van der Waals surface area contributed by atoms with Crippen molar-refractivity contribution in [2.24, 2.45) is 0 Å². The second-order valence-electron chi connectivity index (χ2n) is 8.71. The summed E-state index contributed by atoms with van der Waals surface area (Å²) in [5.41, 5.74) is 2.93. The summed E-state index contributed by atoms with van der Waals surface area (Å²) in [6, 6.07) is 13.0. The maximum Gasteiger partial charge on any atom is 0.282 e. The van der Waals surface area contributed by atoms with E-state index in [4.69, 9.17) is 23.2 Å². The van der Waals surface area contributed by atoms with E-state index in [9.17, 15) is 9.59 Å². The third-order valence-corrected chi connectivity index (χ3v) is 7.01. The standard InChI is InChI=1S/C26H25Cl2N7O2/c1-3-22-23-19(25(37)35(32-22)24-20(27)5-4-6-21(24)28)15-29-26(31-23)30-17-7-9-18(10-8-17)34-13-11-33(12-14-34)16(2)36/h4-10,15H,3,11-14H2,1-2H3,(H,29,30,31). The highest BCUT2D eigenvalue weighted by Crippen LogP contribution is 2.28.